The third-order valence-electron chi connectivity index (χ3n) is 4.14. The first-order valence-corrected chi connectivity index (χ1v) is 8.84. The molecule has 24 heavy (non-hydrogen) atoms. The summed E-state index contributed by atoms with van der Waals surface area (Å²) >= 11 is 3.38. The highest BCUT2D eigenvalue weighted by Crippen LogP contribution is 2.23. The van der Waals surface area contributed by atoms with Crippen molar-refractivity contribution in [1.29, 1.82) is 0 Å². The first kappa shape index (κ1) is 17.2. The van der Waals surface area contributed by atoms with E-state index in [-0.39, 0.29) is 11.9 Å². The zero-order valence-corrected chi connectivity index (χ0v) is 15.2. The van der Waals surface area contributed by atoms with Gasteiger partial charge in [0.2, 0.25) is 0 Å². The number of halogens is 1. The molecule has 2 aromatic rings. The van der Waals surface area contributed by atoms with E-state index in [1.165, 1.54) is 0 Å². The predicted octanol–water partition coefficient (Wildman–Crippen LogP) is 3.15. The van der Waals surface area contributed by atoms with Crippen LogP contribution in [0.4, 0.5) is 0 Å². The SMILES string of the molecule is Cc1ccc(C(CNC(=O)c2ccc(Br)cc2)N2CCOCC2)o1. The number of carbonyl (C=O) groups excluding carboxylic acids is 1. The molecule has 1 aliphatic rings. The average Bonchev–Trinajstić information content (AvgIpc) is 3.02. The molecule has 1 unspecified atom stereocenters. The van der Waals surface area contributed by atoms with Gasteiger partial charge < -0.3 is 14.5 Å². The summed E-state index contributed by atoms with van der Waals surface area (Å²) in [6.07, 6.45) is 0. The number of carbonyl (C=O) groups is 1. The Morgan fingerprint density at radius 3 is 2.54 bits per heavy atom. The lowest BCUT2D eigenvalue weighted by Crippen LogP contribution is -2.43. The minimum atomic E-state index is -0.0796. The van der Waals surface area contributed by atoms with E-state index in [4.69, 9.17) is 9.15 Å². The average molecular weight is 393 g/mol. The number of hydrogen-bond acceptors (Lipinski definition) is 4. The zero-order chi connectivity index (χ0) is 16.9. The van der Waals surface area contributed by atoms with E-state index in [0.717, 1.165) is 29.1 Å². The molecule has 1 saturated heterocycles. The molecule has 3 rings (SSSR count). The smallest absolute Gasteiger partial charge is 0.251 e. The molecule has 0 spiro atoms. The summed E-state index contributed by atoms with van der Waals surface area (Å²) in [7, 11) is 0. The lowest BCUT2D eigenvalue weighted by molar-refractivity contribution is 0.0117. The molecular formula is C18H21BrN2O3. The van der Waals surface area contributed by atoms with Gasteiger partial charge in [0.1, 0.15) is 11.5 Å². The van der Waals surface area contributed by atoms with E-state index in [0.29, 0.717) is 25.3 Å². The van der Waals surface area contributed by atoms with Crippen LogP contribution < -0.4 is 5.32 Å². The summed E-state index contributed by atoms with van der Waals surface area (Å²) in [6, 6.07) is 11.3. The normalized spacial score (nSPS) is 16.8. The number of furan rings is 1. The van der Waals surface area contributed by atoms with E-state index >= 15 is 0 Å². The number of ether oxygens (including phenoxy) is 1. The molecule has 2 heterocycles. The molecule has 1 atom stereocenters. The molecule has 0 bridgehead atoms. The maximum atomic E-state index is 12.4. The Labute approximate surface area is 150 Å². The van der Waals surface area contributed by atoms with Crippen molar-refractivity contribution in [2.24, 2.45) is 0 Å². The Hall–Kier alpha value is -1.63. The van der Waals surface area contributed by atoms with Crippen molar-refractivity contribution >= 4 is 21.8 Å². The first-order valence-electron chi connectivity index (χ1n) is 8.05. The van der Waals surface area contributed by atoms with Gasteiger partial charge in [0.05, 0.1) is 19.3 Å². The Kier molecular flexibility index (Phi) is 5.71. The summed E-state index contributed by atoms with van der Waals surface area (Å²) < 4.78 is 12.2. The second-order valence-corrected chi connectivity index (χ2v) is 6.75. The predicted molar refractivity (Wildman–Crippen MR) is 95.1 cm³/mol. The summed E-state index contributed by atoms with van der Waals surface area (Å²) in [5.74, 6) is 1.68. The fourth-order valence-electron chi connectivity index (χ4n) is 2.82. The molecule has 1 aliphatic heterocycles. The highest BCUT2D eigenvalue weighted by Gasteiger charge is 2.25. The second kappa shape index (κ2) is 7.96. The van der Waals surface area contributed by atoms with Crippen molar-refractivity contribution in [3.05, 3.63) is 58.0 Å². The molecule has 1 aromatic carbocycles. The van der Waals surface area contributed by atoms with E-state index in [1.807, 2.05) is 31.2 Å². The van der Waals surface area contributed by atoms with Gasteiger partial charge in [-0.3, -0.25) is 9.69 Å². The molecule has 5 nitrogen and oxygen atoms in total. The molecule has 1 fully saturated rings. The van der Waals surface area contributed by atoms with Gasteiger partial charge in [-0.1, -0.05) is 15.9 Å². The fraction of sp³-hybridized carbons (Fsp3) is 0.389. The van der Waals surface area contributed by atoms with Crippen molar-refractivity contribution < 1.29 is 13.9 Å². The van der Waals surface area contributed by atoms with Crippen molar-refractivity contribution in [1.82, 2.24) is 10.2 Å². The fourth-order valence-corrected chi connectivity index (χ4v) is 3.09. The summed E-state index contributed by atoms with van der Waals surface area (Å²) in [5.41, 5.74) is 0.648. The number of aryl methyl sites for hydroxylation is 1. The number of morpholine rings is 1. The van der Waals surface area contributed by atoms with Gasteiger partial charge in [0, 0.05) is 29.7 Å². The van der Waals surface area contributed by atoms with E-state index in [1.54, 1.807) is 12.1 Å². The number of rotatable bonds is 5. The Morgan fingerprint density at radius 1 is 1.21 bits per heavy atom. The monoisotopic (exact) mass is 392 g/mol. The van der Waals surface area contributed by atoms with Crippen LogP contribution in [0.25, 0.3) is 0 Å². The van der Waals surface area contributed by atoms with Crippen molar-refractivity contribution in [2.75, 3.05) is 32.8 Å². The highest BCUT2D eigenvalue weighted by molar-refractivity contribution is 9.10. The number of amides is 1. The van der Waals surface area contributed by atoms with Crippen LogP contribution in [0.3, 0.4) is 0 Å². The number of hydrogen-bond donors (Lipinski definition) is 1. The summed E-state index contributed by atoms with van der Waals surface area (Å²) in [5, 5.41) is 3.03. The van der Waals surface area contributed by atoms with Gasteiger partial charge in [0.25, 0.3) is 5.91 Å². The molecule has 0 radical (unpaired) electrons. The second-order valence-electron chi connectivity index (χ2n) is 5.83. The lowest BCUT2D eigenvalue weighted by Gasteiger charge is -2.33. The summed E-state index contributed by atoms with van der Waals surface area (Å²) in [4.78, 5) is 14.7. The molecule has 1 N–H and O–H groups in total. The largest absolute Gasteiger partial charge is 0.465 e. The van der Waals surface area contributed by atoms with Crippen LogP contribution >= 0.6 is 15.9 Å². The molecule has 1 aromatic heterocycles. The van der Waals surface area contributed by atoms with Crippen molar-refractivity contribution in [3.8, 4) is 0 Å². The maximum Gasteiger partial charge on any atom is 0.251 e. The van der Waals surface area contributed by atoms with Gasteiger partial charge in [-0.25, -0.2) is 0 Å². The quantitative estimate of drug-likeness (QED) is 0.848. The first-order chi connectivity index (χ1) is 11.6. The summed E-state index contributed by atoms with van der Waals surface area (Å²) in [6.45, 7) is 5.51. The van der Waals surface area contributed by atoms with E-state index in [9.17, 15) is 4.79 Å². The standard InChI is InChI=1S/C18H21BrN2O3/c1-13-2-7-17(24-13)16(21-8-10-23-11-9-21)12-20-18(22)14-3-5-15(19)6-4-14/h2-7,16H,8-12H2,1H3,(H,20,22). The topological polar surface area (TPSA) is 54.7 Å². The lowest BCUT2D eigenvalue weighted by atomic mass is 10.1. The van der Waals surface area contributed by atoms with Gasteiger partial charge in [-0.05, 0) is 43.3 Å². The Morgan fingerprint density at radius 2 is 1.92 bits per heavy atom. The highest BCUT2D eigenvalue weighted by atomic mass is 79.9. The van der Waals surface area contributed by atoms with Gasteiger partial charge >= 0.3 is 0 Å². The molecule has 128 valence electrons. The van der Waals surface area contributed by atoms with Gasteiger partial charge in [-0.15, -0.1) is 0 Å². The van der Waals surface area contributed by atoms with Gasteiger partial charge in [0.15, 0.2) is 0 Å². The van der Waals surface area contributed by atoms with Gasteiger partial charge in [-0.2, -0.15) is 0 Å². The van der Waals surface area contributed by atoms with Crippen LogP contribution in [0.5, 0.6) is 0 Å². The van der Waals surface area contributed by atoms with E-state index in [2.05, 4.69) is 26.1 Å². The maximum absolute atomic E-state index is 12.4. The number of nitrogens with zero attached hydrogens (tertiary/aromatic N) is 1. The third-order valence-corrected chi connectivity index (χ3v) is 4.67. The third kappa shape index (κ3) is 4.26. The molecule has 0 saturated carbocycles. The van der Waals surface area contributed by atoms with Crippen LogP contribution in [0.2, 0.25) is 0 Å². The Balaban J connectivity index is 1.69. The molecule has 1 amide bonds. The molecule has 0 aliphatic carbocycles. The van der Waals surface area contributed by atoms with Crippen molar-refractivity contribution in [3.63, 3.8) is 0 Å². The van der Waals surface area contributed by atoms with E-state index < -0.39 is 0 Å². The molecular weight excluding hydrogens is 372 g/mol. The van der Waals surface area contributed by atoms with Crippen molar-refractivity contribution in [2.45, 2.75) is 13.0 Å². The van der Waals surface area contributed by atoms with Crippen LogP contribution in [-0.4, -0.2) is 43.7 Å². The van der Waals surface area contributed by atoms with Crippen LogP contribution in [-0.2, 0) is 4.74 Å². The zero-order valence-electron chi connectivity index (χ0n) is 13.6. The number of benzene rings is 1. The minimum Gasteiger partial charge on any atom is -0.465 e. The van der Waals surface area contributed by atoms with Crippen LogP contribution in [0.15, 0.2) is 45.3 Å². The Bertz CT molecular complexity index is 678. The number of nitrogens with one attached hydrogen (secondary N) is 1. The van der Waals surface area contributed by atoms with Crippen LogP contribution in [0, 0.1) is 6.92 Å². The van der Waals surface area contributed by atoms with Crippen LogP contribution in [0.1, 0.15) is 27.9 Å². The molecule has 6 heteroatoms. The minimum absolute atomic E-state index is 0.0157.